The topological polar surface area (TPSA) is 54.4 Å². The van der Waals surface area contributed by atoms with Crippen LogP contribution in [0, 0.1) is 34.0 Å². The minimum absolute atomic E-state index is 0.0352. The molecule has 3 nitrogen and oxygen atoms in total. The average molecular weight is 328 g/mol. The molecule has 0 aromatic rings. The second kappa shape index (κ2) is 4.42. The van der Waals surface area contributed by atoms with Gasteiger partial charge in [-0.3, -0.25) is 9.59 Å². The van der Waals surface area contributed by atoms with Crippen LogP contribution in [0.5, 0.6) is 0 Å². The molecule has 0 radical (unpaired) electrons. The van der Waals surface area contributed by atoms with Crippen LogP contribution in [0.2, 0.25) is 0 Å². The second-order valence-electron chi connectivity index (χ2n) is 9.70. The van der Waals surface area contributed by atoms with Gasteiger partial charge in [0.05, 0.1) is 0 Å². The van der Waals surface area contributed by atoms with E-state index < -0.39 is 0 Å². The molecule has 0 aromatic heterocycles. The Hall–Kier alpha value is -1.38. The monoisotopic (exact) mass is 328 g/mol. The zero-order valence-corrected chi connectivity index (χ0v) is 15.4. The number of aliphatic hydroxyl groups is 1. The highest BCUT2D eigenvalue weighted by molar-refractivity contribution is 6.10. The van der Waals surface area contributed by atoms with E-state index in [4.69, 9.17) is 0 Å². The lowest BCUT2D eigenvalue weighted by atomic mass is 9.47. The molecule has 3 heteroatoms. The summed E-state index contributed by atoms with van der Waals surface area (Å²) in [6.07, 6.45) is 5.80. The number of hydrogen-bond acceptors (Lipinski definition) is 3. The van der Waals surface area contributed by atoms with Crippen LogP contribution in [0.1, 0.15) is 60.3 Å². The minimum Gasteiger partial charge on any atom is -0.504 e. The van der Waals surface area contributed by atoms with E-state index in [1.165, 1.54) is 0 Å². The van der Waals surface area contributed by atoms with Crippen LogP contribution >= 0.6 is 0 Å². The summed E-state index contributed by atoms with van der Waals surface area (Å²) >= 11 is 0. The van der Waals surface area contributed by atoms with Gasteiger partial charge in [0.2, 0.25) is 5.78 Å². The van der Waals surface area contributed by atoms with E-state index in [1.807, 2.05) is 13.8 Å². The normalized spacial score (nSPS) is 43.2. The van der Waals surface area contributed by atoms with Crippen molar-refractivity contribution in [3.8, 4) is 0 Å². The third-order valence-corrected chi connectivity index (χ3v) is 7.35. The van der Waals surface area contributed by atoms with Gasteiger partial charge in [-0.2, -0.15) is 0 Å². The Morgan fingerprint density at radius 3 is 2.46 bits per heavy atom. The Bertz CT molecular complexity index is 723. The van der Waals surface area contributed by atoms with Gasteiger partial charge in [-0.1, -0.05) is 47.1 Å². The highest BCUT2D eigenvalue weighted by Gasteiger charge is 2.73. The van der Waals surface area contributed by atoms with Gasteiger partial charge in [0.15, 0.2) is 5.76 Å². The SMILES string of the molecule is CC(C)C1=CC23CC2C(=O)C2C(C)(C)CCCC2(C)C3=C(O)C1=O. The van der Waals surface area contributed by atoms with Gasteiger partial charge < -0.3 is 5.11 Å². The molecule has 130 valence electrons. The van der Waals surface area contributed by atoms with Crippen molar-refractivity contribution in [1.82, 2.24) is 0 Å². The Labute approximate surface area is 144 Å². The first-order chi connectivity index (χ1) is 11.1. The first-order valence-electron chi connectivity index (χ1n) is 9.31. The predicted molar refractivity (Wildman–Crippen MR) is 92.4 cm³/mol. The molecule has 4 rings (SSSR count). The summed E-state index contributed by atoms with van der Waals surface area (Å²) in [7, 11) is 0. The maximum Gasteiger partial charge on any atom is 0.223 e. The van der Waals surface area contributed by atoms with Crippen molar-refractivity contribution in [2.45, 2.75) is 60.3 Å². The maximum atomic E-state index is 13.3. The first kappa shape index (κ1) is 16.1. The molecule has 24 heavy (non-hydrogen) atoms. The van der Waals surface area contributed by atoms with E-state index in [0.717, 1.165) is 31.3 Å². The number of rotatable bonds is 1. The molecule has 1 spiro atoms. The van der Waals surface area contributed by atoms with Crippen molar-refractivity contribution in [3.63, 3.8) is 0 Å². The Morgan fingerprint density at radius 2 is 1.83 bits per heavy atom. The van der Waals surface area contributed by atoms with Crippen molar-refractivity contribution >= 4 is 11.6 Å². The molecule has 3 saturated carbocycles. The molecule has 0 amide bonds. The van der Waals surface area contributed by atoms with E-state index in [2.05, 4.69) is 26.8 Å². The fourth-order valence-electron chi connectivity index (χ4n) is 6.42. The van der Waals surface area contributed by atoms with Crippen molar-refractivity contribution in [3.05, 3.63) is 23.0 Å². The standard InChI is InChI=1S/C21H28O3/c1-11(2)12-9-21-10-13(21)15(23)17-19(3,4)7-6-8-20(17,5)18(21)16(24)14(12)22/h9,11,13,17,24H,6-8,10H2,1-5H3. The van der Waals surface area contributed by atoms with E-state index in [0.29, 0.717) is 11.4 Å². The fraction of sp³-hybridized carbons (Fsp3) is 0.714. The van der Waals surface area contributed by atoms with Crippen molar-refractivity contribution in [2.75, 3.05) is 0 Å². The molecule has 4 aliphatic rings. The largest absolute Gasteiger partial charge is 0.504 e. The van der Waals surface area contributed by atoms with Gasteiger partial charge in [-0.05, 0) is 36.2 Å². The highest BCUT2D eigenvalue weighted by Crippen LogP contribution is 2.75. The summed E-state index contributed by atoms with van der Waals surface area (Å²) in [6, 6.07) is 0. The molecule has 4 aliphatic carbocycles. The number of ketones is 2. The Balaban J connectivity index is 1.94. The third-order valence-electron chi connectivity index (χ3n) is 7.35. The number of hydrogen-bond donors (Lipinski definition) is 1. The molecule has 0 heterocycles. The zero-order valence-electron chi connectivity index (χ0n) is 15.4. The lowest BCUT2D eigenvalue weighted by Crippen LogP contribution is -2.54. The van der Waals surface area contributed by atoms with Crippen LogP contribution in [0.3, 0.4) is 0 Å². The Morgan fingerprint density at radius 1 is 1.17 bits per heavy atom. The van der Waals surface area contributed by atoms with Crippen LogP contribution in [0.25, 0.3) is 0 Å². The van der Waals surface area contributed by atoms with Crippen molar-refractivity contribution in [2.24, 2.45) is 34.0 Å². The number of allylic oxidation sites excluding steroid dienone is 3. The summed E-state index contributed by atoms with van der Waals surface area (Å²) in [4.78, 5) is 26.1. The van der Waals surface area contributed by atoms with E-state index in [1.54, 1.807) is 0 Å². The first-order valence-corrected chi connectivity index (χ1v) is 9.31. The zero-order chi connectivity index (χ0) is 17.7. The van der Waals surface area contributed by atoms with Gasteiger partial charge in [-0.25, -0.2) is 0 Å². The molecular formula is C21H28O3. The van der Waals surface area contributed by atoms with Gasteiger partial charge in [0, 0.05) is 28.2 Å². The summed E-state index contributed by atoms with van der Waals surface area (Å²) in [5.41, 5.74) is 0.755. The molecule has 4 unspecified atom stereocenters. The van der Waals surface area contributed by atoms with Crippen molar-refractivity contribution < 1.29 is 14.7 Å². The number of aliphatic hydroxyl groups excluding tert-OH is 1. The highest BCUT2D eigenvalue weighted by atomic mass is 16.3. The summed E-state index contributed by atoms with van der Waals surface area (Å²) < 4.78 is 0. The van der Waals surface area contributed by atoms with Gasteiger partial charge in [-0.15, -0.1) is 0 Å². The fourth-order valence-corrected chi connectivity index (χ4v) is 6.42. The number of carbonyl (C=O) groups is 2. The van der Waals surface area contributed by atoms with E-state index in [9.17, 15) is 14.7 Å². The molecule has 0 aliphatic heterocycles. The predicted octanol–water partition coefficient (Wildman–Crippen LogP) is 4.39. The molecule has 3 fully saturated rings. The summed E-state index contributed by atoms with van der Waals surface area (Å²) in [5, 5.41) is 10.9. The number of fused-ring (bicyclic) bond motifs is 2. The molecule has 0 aromatic carbocycles. The van der Waals surface area contributed by atoms with Gasteiger partial charge in [0.25, 0.3) is 0 Å². The molecule has 0 saturated heterocycles. The molecular weight excluding hydrogens is 300 g/mol. The van der Waals surface area contributed by atoms with Crippen molar-refractivity contribution in [1.29, 1.82) is 0 Å². The quantitative estimate of drug-likeness (QED) is 0.777. The average Bonchev–Trinajstić information content (AvgIpc) is 3.16. The van der Waals surface area contributed by atoms with E-state index >= 15 is 0 Å². The maximum absolute atomic E-state index is 13.3. The Kier molecular flexibility index (Phi) is 2.96. The van der Waals surface area contributed by atoms with Crippen LogP contribution in [-0.4, -0.2) is 16.7 Å². The van der Waals surface area contributed by atoms with Crippen LogP contribution < -0.4 is 0 Å². The van der Waals surface area contributed by atoms with Gasteiger partial charge in [0.1, 0.15) is 5.78 Å². The molecule has 4 atom stereocenters. The summed E-state index contributed by atoms with van der Waals surface area (Å²) in [6.45, 7) is 10.4. The van der Waals surface area contributed by atoms with Crippen LogP contribution in [0.4, 0.5) is 0 Å². The molecule has 0 bridgehead atoms. The van der Waals surface area contributed by atoms with Crippen LogP contribution in [0.15, 0.2) is 23.0 Å². The van der Waals surface area contributed by atoms with Crippen LogP contribution in [-0.2, 0) is 9.59 Å². The minimum atomic E-state index is -0.384. The smallest absolute Gasteiger partial charge is 0.223 e. The third kappa shape index (κ3) is 1.69. The summed E-state index contributed by atoms with van der Waals surface area (Å²) in [5.74, 6) is 0.0633. The number of carbonyl (C=O) groups excluding carboxylic acids is 2. The lowest BCUT2D eigenvalue weighted by Gasteiger charge is -2.55. The second-order valence-corrected chi connectivity index (χ2v) is 9.70. The van der Waals surface area contributed by atoms with Gasteiger partial charge >= 0.3 is 0 Å². The molecule has 1 N–H and O–H groups in total. The number of Topliss-reactive ketones (excluding diaryl/α,β-unsaturated/α-hetero) is 2. The lowest BCUT2D eigenvalue weighted by molar-refractivity contribution is -0.140. The van der Waals surface area contributed by atoms with E-state index in [-0.39, 0.29) is 45.5 Å².